The second-order valence-corrected chi connectivity index (χ2v) is 5.26. The molecule has 112 valence electrons. The molecule has 5 nitrogen and oxygen atoms in total. The van der Waals surface area contributed by atoms with Crippen LogP contribution in [0.1, 0.15) is 12.0 Å². The summed E-state index contributed by atoms with van der Waals surface area (Å²) in [6.45, 7) is 1.81. The second kappa shape index (κ2) is 6.35. The molecule has 1 aliphatic rings. The van der Waals surface area contributed by atoms with Crippen LogP contribution in [0.5, 0.6) is 5.75 Å². The number of pyridine rings is 1. The van der Waals surface area contributed by atoms with Crippen molar-refractivity contribution in [3.8, 4) is 11.8 Å². The van der Waals surface area contributed by atoms with Crippen molar-refractivity contribution in [2.45, 2.75) is 12.5 Å². The molecule has 2 aromatic rings. The van der Waals surface area contributed by atoms with E-state index in [4.69, 9.17) is 10.00 Å². The highest BCUT2D eigenvalue weighted by atomic mass is 16.5. The molecule has 1 saturated heterocycles. The van der Waals surface area contributed by atoms with Gasteiger partial charge < -0.3 is 15.0 Å². The van der Waals surface area contributed by atoms with Crippen molar-refractivity contribution in [2.24, 2.45) is 0 Å². The van der Waals surface area contributed by atoms with Gasteiger partial charge in [-0.05, 0) is 30.7 Å². The summed E-state index contributed by atoms with van der Waals surface area (Å²) in [4.78, 5) is 6.56. The zero-order valence-electron chi connectivity index (χ0n) is 12.5. The third kappa shape index (κ3) is 2.82. The molecule has 1 aromatic heterocycles. The Hall–Kier alpha value is -2.74. The molecule has 5 heteroatoms. The molecule has 1 atom stereocenters. The minimum absolute atomic E-state index is 0.270. The molecule has 0 bridgehead atoms. The quantitative estimate of drug-likeness (QED) is 0.939. The minimum Gasteiger partial charge on any atom is -0.495 e. The SMILES string of the molecule is COc1ccccc1N1CCC(Nc2ncccc2C#N)C1. The van der Waals surface area contributed by atoms with Crippen molar-refractivity contribution in [3.05, 3.63) is 48.2 Å². The fourth-order valence-corrected chi connectivity index (χ4v) is 2.79. The van der Waals surface area contributed by atoms with E-state index in [1.54, 1.807) is 25.4 Å². The number of anilines is 2. The summed E-state index contributed by atoms with van der Waals surface area (Å²) in [6, 6.07) is 14.0. The van der Waals surface area contributed by atoms with Gasteiger partial charge in [-0.1, -0.05) is 12.1 Å². The van der Waals surface area contributed by atoms with Crippen LogP contribution in [0.25, 0.3) is 0 Å². The van der Waals surface area contributed by atoms with Crippen LogP contribution in [-0.2, 0) is 0 Å². The predicted octanol–water partition coefficient (Wildman–Crippen LogP) is 2.65. The first-order valence-corrected chi connectivity index (χ1v) is 7.31. The fraction of sp³-hybridized carbons (Fsp3) is 0.294. The summed E-state index contributed by atoms with van der Waals surface area (Å²) in [5.41, 5.74) is 1.69. The second-order valence-electron chi connectivity index (χ2n) is 5.26. The monoisotopic (exact) mass is 294 g/mol. The van der Waals surface area contributed by atoms with E-state index in [0.717, 1.165) is 30.9 Å². The first kappa shape index (κ1) is 14.2. The van der Waals surface area contributed by atoms with E-state index in [9.17, 15) is 0 Å². The van der Waals surface area contributed by atoms with E-state index >= 15 is 0 Å². The summed E-state index contributed by atoms with van der Waals surface area (Å²) in [6.07, 6.45) is 2.70. The van der Waals surface area contributed by atoms with Crippen LogP contribution in [-0.4, -0.2) is 31.2 Å². The Balaban J connectivity index is 1.72. The number of para-hydroxylation sites is 2. The molecule has 1 N–H and O–H groups in total. The van der Waals surface area contributed by atoms with Gasteiger partial charge in [0.2, 0.25) is 0 Å². The van der Waals surface area contributed by atoms with Crippen LogP contribution in [0.2, 0.25) is 0 Å². The smallest absolute Gasteiger partial charge is 0.144 e. The maximum absolute atomic E-state index is 9.13. The van der Waals surface area contributed by atoms with Crippen molar-refractivity contribution >= 4 is 11.5 Å². The van der Waals surface area contributed by atoms with Crippen molar-refractivity contribution in [3.63, 3.8) is 0 Å². The Bertz CT molecular complexity index is 695. The van der Waals surface area contributed by atoms with E-state index < -0.39 is 0 Å². The molecule has 2 heterocycles. The van der Waals surface area contributed by atoms with Crippen LogP contribution >= 0.6 is 0 Å². The lowest BCUT2D eigenvalue weighted by molar-refractivity contribution is 0.415. The normalized spacial score (nSPS) is 17.1. The van der Waals surface area contributed by atoms with Gasteiger partial charge in [-0.25, -0.2) is 4.98 Å². The lowest BCUT2D eigenvalue weighted by Crippen LogP contribution is -2.26. The van der Waals surface area contributed by atoms with Crippen LogP contribution in [0, 0.1) is 11.3 Å². The first-order valence-electron chi connectivity index (χ1n) is 7.31. The highest BCUT2D eigenvalue weighted by Gasteiger charge is 2.25. The molecule has 1 fully saturated rings. The number of hydrogen-bond donors (Lipinski definition) is 1. The molecule has 22 heavy (non-hydrogen) atoms. The van der Waals surface area contributed by atoms with Gasteiger partial charge in [0, 0.05) is 25.3 Å². The number of ether oxygens (including phenoxy) is 1. The van der Waals surface area contributed by atoms with Crippen LogP contribution < -0.4 is 15.0 Å². The Morgan fingerprint density at radius 3 is 3.00 bits per heavy atom. The van der Waals surface area contributed by atoms with Crippen molar-refractivity contribution in [2.75, 3.05) is 30.4 Å². The van der Waals surface area contributed by atoms with E-state index in [1.165, 1.54) is 0 Å². The third-order valence-electron chi connectivity index (χ3n) is 3.88. The number of nitrogens with zero attached hydrogens (tertiary/aromatic N) is 3. The van der Waals surface area contributed by atoms with E-state index in [0.29, 0.717) is 11.4 Å². The van der Waals surface area contributed by atoms with Crippen LogP contribution in [0.4, 0.5) is 11.5 Å². The lowest BCUT2D eigenvalue weighted by atomic mass is 10.2. The molecule has 1 aromatic carbocycles. The molecule has 0 amide bonds. The summed E-state index contributed by atoms with van der Waals surface area (Å²) in [7, 11) is 1.69. The number of nitriles is 1. The van der Waals surface area contributed by atoms with E-state index in [-0.39, 0.29) is 6.04 Å². The van der Waals surface area contributed by atoms with Crippen molar-refractivity contribution < 1.29 is 4.74 Å². The highest BCUT2D eigenvalue weighted by Crippen LogP contribution is 2.31. The number of methoxy groups -OCH3 is 1. The number of hydrogen-bond acceptors (Lipinski definition) is 5. The van der Waals surface area contributed by atoms with Crippen molar-refractivity contribution in [1.29, 1.82) is 5.26 Å². The Morgan fingerprint density at radius 1 is 1.32 bits per heavy atom. The summed E-state index contributed by atoms with van der Waals surface area (Å²) in [5, 5.41) is 12.5. The lowest BCUT2D eigenvalue weighted by Gasteiger charge is -2.21. The van der Waals surface area contributed by atoms with Crippen LogP contribution in [0.15, 0.2) is 42.6 Å². The highest BCUT2D eigenvalue weighted by molar-refractivity contribution is 5.60. The van der Waals surface area contributed by atoms with Gasteiger partial charge in [0.15, 0.2) is 0 Å². The Kier molecular flexibility index (Phi) is 4.10. The number of nitrogens with one attached hydrogen (secondary N) is 1. The number of aromatic nitrogens is 1. The van der Waals surface area contributed by atoms with Crippen molar-refractivity contribution in [1.82, 2.24) is 4.98 Å². The third-order valence-corrected chi connectivity index (χ3v) is 3.88. The van der Waals surface area contributed by atoms with Gasteiger partial charge in [-0.3, -0.25) is 0 Å². The number of benzene rings is 1. The Morgan fingerprint density at radius 2 is 2.18 bits per heavy atom. The molecular formula is C17H18N4O. The van der Waals surface area contributed by atoms with Gasteiger partial charge in [-0.2, -0.15) is 5.26 Å². The fourth-order valence-electron chi connectivity index (χ4n) is 2.79. The van der Waals surface area contributed by atoms with Crippen LogP contribution in [0.3, 0.4) is 0 Å². The molecule has 0 spiro atoms. The Labute approximate surface area is 130 Å². The zero-order chi connectivity index (χ0) is 15.4. The summed E-state index contributed by atoms with van der Waals surface area (Å²) in [5.74, 6) is 1.55. The maximum Gasteiger partial charge on any atom is 0.144 e. The molecule has 1 unspecified atom stereocenters. The number of rotatable bonds is 4. The molecule has 1 aliphatic heterocycles. The summed E-state index contributed by atoms with van der Waals surface area (Å²) < 4.78 is 5.43. The van der Waals surface area contributed by atoms with Gasteiger partial charge in [0.1, 0.15) is 17.6 Å². The molecule has 3 rings (SSSR count). The zero-order valence-corrected chi connectivity index (χ0v) is 12.5. The largest absolute Gasteiger partial charge is 0.495 e. The predicted molar refractivity (Wildman–Crippen MR) is 86.2 cm³/mol. The molecule has 0 saturated carbocycles. The van der Waals surface area contributed by atoms with Gasteiger partial charge in [0.25, 0.3) is 0 Å². The topological polar surface area (TPSA) is 61.2 Å². The maximum atomic E-state index is 9.13. The van der Waals surface area contributed by atoms with E-state index in [1.807, 2.05) is 18.2 Å². The van der Waals surface area contributed by atoms with Gasteiger partial charge >= 0.3 is 0 Å². The minimum atomic E-state index is 0.270. The summed E-state index contributed by atoms with van der Waals surface area (Å²) >= 11 is 0. The standard InChI is InChI=1S/C17H18N4O/c1-22-16-7-3-2-6-15(16)21-10-8-14(12-21)20-17-13(11-18)5-4-9-19-17/h2-7,9,14H,8,10,12H2,1H3,(H,19,20). The van der Waals surface area contributed by atoms with E-state index in [2.05, 4.69) is 27.3 Å². The molecular weight excluding hydrogens is 276 g/mol. The average Bonchev–Trinajstić information content (AvgIpc) is 3.03. The molecule has 0 aliphatic carbocycles. The van der Waals surface area contributed by atoms with Gasteiger partial charge in [0.05, 0.1) is 18.4 Å². The molecule has 0 radical (unpaired) electrons. The first-order chi connectivity index (χ1) is 10.8. The van der Waals surface area contributed by atoms with Gasteiger partial charge in [-0.15, -0.1) is 0 Å². The average molecular weight is 294 g/mol.